The minimum absolute atomic E-state index is 0.0250. The lowest BCUT2D eigenvalue weighted by Crippen LogP contribution is -2.18. The number of aryl methyl sites for hydroxylation is 1. The third kappa shape index (κ3) is 4.81. The molecule has 0 aliphatic carbocycles. The fourth-order valence-corrected chi connectivity index (χ4v) is 1.95. The van der Waals surface area contributed by atoms with Crippen molar-refractivity contribution in [3.8, 4) is 0 Å². The van der Waals surface area contributed by atoms with Gasteiger partial charge in [-0.2, -0.15) is 5.10 Å². The van der Waals surface area contributed by atoms with E-state index < -0.39 is 6.09 Å². The van der Waals surface area contributed by atoms with Crippen molar-refractivity contribution in [3.63, 3.8) is 0 Å². The Kier molecular flexibility index (Phi) is 5.25. The number of amides is 1. The normalized spacial score (nSPS) is 10.8. The van der Waals surface area contributed by atoms with Gasteiger partial charge in [0.1, 0.15) is 18.1 Å². The summed E-state index contributed by atoms with van der Waals surface area (Å²) in [6.45, 7) is 1.84. The molecule has 0 saturated carbocycles. The second-order valence-corrected chi connectivity index (χ2v) is 4.97. The average Bonchev–Trinajstić information content (AvgIpc) is 2.83. The third-order valence-corrected chi connectivity index (χ3v) is 3.07. The van der Waals surface area contributed by atoms with Crippen molar-refractivity contribution in [1.29, 1.82) is 0 Å². The van der Waals surface area contributed by atoms with E-state index in [9.17, 15) is 4.79 Å². The molecule has 0 spiro atoms. The van der Waals surface area contributed by atoms with Gasteiger partial charge in [-0.15, -0.1) is 0 Å². The van der Waals surface area contributed by atoms with Crippen molar-refractivity contribution in [2.45, 2.75) is 13.5 Å². The van der Waals surface area contributed by atoms with Crippen molar-refractivity contribution < 1.29 is 13.9 Å². The highest BCUT2D eigenvalue weighted by Gasteiger charge is 2.05. The molecule has 110 valence electrons. The zero-order chi connectivity index (χ0) is 15.2. The Labute approximate surface area is 131 Å². The summed E-state index contributed by atoms with van der Waals surface area (Å²) >= 11 is 11.7. The lowest BCUT2D eigenvalue weighted by atomic mass is 10.2. The van der Waals surface area contributed by atoms with Gasteiger partial charge in [-0.05, 0) is 31.2 Å². The Morgan fingerprint density at radius 2 is 2.19 bits per heavy atom. The SMILES string of the molecule is Cc1ccc(/C=N\NC(=O)OCc2ccc(Cl)cc2Cl)o1. The summed E-state index contributed by atoms with van der Waals surface area (Å²) in [6, 6.07) is 8.47. The maximum Gasteiger partial charge on any atom is 0.428 e. The largest absolute Gasteiger partial charge is 0.460 e. The number of halogens is 2. The number of furan rings is 1. The van der Waals surface area contributed by atoms with E-state index in [1.165, 1.54) is 6.21 Å². The molecule has 1 aromatic heterocycles. The quantitative estimate of drug-likeness (QED) is 0.677. The van der Waals surface area contributed by atoms with Crippen LogP contribution in [0.2, 0.25) is 10.0 Å². The van der Waals surface area contributed by atoms with Crippen LogP contribution in [0.3, 0.4) is 0 Å². The van der Waals surface area contributed by atoms with Crippen molar-refractivity contribution in [2.24, 2.45) is 5.10 Å². The van der Waals surface area contributed by atoms with E-state index >= 15 is 0 Å². The first kappa shape index (κ1) is 15.4. The van der Waals surface area contributed by atoms with E-state index in [0.29, 0.717) is 21.4 Å². The predicted octanol–water partition coefficient (Wildman–Crippen LogP) is 4.16. The van der Waals surface area contributed by atoms with Gasteiger partial charge in [0, 0.05) is 15.6 Å². The molecule has 0 aliphatic rings. The summed E-state index contributed by atoms with van der Waals surface area (Å²) in [4.78, 5) is 11.4. The number of hydrogen-bond acceptors (Lipinski definition) is 4. The van der Waals surface area contributed by atoms with Gasteiger partial charge in [0.25, 0.3) is 0 Å². The summed E-state index contributed by atoms with van der Waals surface area (Å²) < 4.78 is 10.2. The zero-order valence-electron chi connectivity index (χ0n) is 11.1. The molecular formula is C14H12Cl2N2O3. The highest BCUT2D eigenvalue weighted by Crippen LogP contribution is 2.21. The third-order valence-electron chi connectivity index (χ3n) is 2.48. The van der Waals surface area contributed by atoms with Gasteiger partial charge in [-0.3, -0.25) is 0 Å². The Bertz CT molecular complexity index is 668. The monoisotopic (exact) mass is 326 g/mol. The van der Waals surface area contributed by atoms with E-state index in [2.05, 4.69) is 10.5 Å². The van der Waals surface area contributed by atoms with E-state index in [4.69, 9.17) is 32.4 Å². The molecule has 0 radical (unpaired) electrons. The van der Waals surface area contributed by atoms with Crippen LogP contribution in [0.1, 0.15) is 17.1 Å². The standard InChI is InChI=1S/C14H12Cl2N2O3/c1-9-2-5-12(21-9)7-17-18-14(19)20-8-10-3-4-11(15)6-13(10)16/h2-7H,8H2,1H3,(H,18,19)/b17-7-. The van der Waals surface area contributed by atoms with Gasteiger partial charge < -0.3 is 9.15 Å². The van der Waals surface area contributed by atoms with Crippen LogP contribution < -0.4 is 5.43 Å². The number of ether oxygens (including phenoxy) is 1. The number of carbonyl (C=O) groups excluding carboxylic acids is 1. The van der Waals surface area contributed by atoms with Crippen LogP contribution in [-0.2, 0) is 11.3 Å². The van der Waals surface area contributed by atoms with Crippen LogP contribution in [-0.4, -0.2) is 12.3 Å². The van der Waals surface area contributed by atoms with Crippen molar-refractivity contribution in [1.82, 2.24) is 5.43 Å². The van der Waals surface area contributed by atoms with Crippen LogP contribution in [0.5, 0.6) is 0 Å². The first-order valence-corrected chi connectivity index (χ1v) is 6.76. The van der Waals surface area contributed by atoms with Crippen LogP contribution in [0.25, 0.3) is 0 Å². The minimum Gasteiger partial charge on any atom is -0.460 e. The summed E-state index contributed by atoms with van der Waals surface area (Å²) in [5.74, 6) is 1.30. The van der Waals surface area contributed by atoms with Crippen molar-refractivity contribution in [3.05, 3.63) is 57.5 Å². The van der Waals surface area contributed by atoms with Gasteiger partial charge in [0.2, 0.25) is 0 Å². The maximum absolute atomic E-state index is 11.4. The lowest BCUT2D eigenvalue weighted by Gasteiger charge is -2.05. The predicted molar refractivity (Wildman–Crippen MR) is 80.8 cm³/mol. The highest BCUT2D eigenvalue weighted by atomic mass is 35.5. The topological polar surface area (TPSA) is 63.8 Å². The van der Waals surface area contributed by atoms with Crippen molar-refractivity contribution in [2.75, 3.05) is 0 Å². The second-order valence-electron chi connectivity index (χ2n) is 4.13. The molecule has 2 aromatic rings. The summed E-state index contributed by atoms with van der Waals surface area (Å²) in [6.07, 6.45) is 0.685. The van der Waals surface area contributed by atoms with Crippen LogP contribution in [0.4, 0.5) is 4.79 Å². The molecule has 1 aromatic carbocycles. The molecule has 5 nitrogen and oxygen atoms in total. The number of rotatable bonds is 4. The van der Waals surface area contributed by atoms with E-state index in [0.717, 1.165) is 5.76 Å². The van der Waals surface area contributed by atoms with Crippen LogP contribution in [0, 0.1) is 6.92 Å². The van der Waals surface area contributed by atoms with E-state index in [-0.39, 0.29) is 6.61 Å². The fraction of sp³-hybridized carbons (Fsp3) is 0.143. The Morgan fingerprint density at radius 1 is 1.38 bits per heavy atom. The average molecular weight is 327 g/mol. The molecule has 7 heteroatoms. The number of benzene rings is 1. The first-order chi connectivity index (χ1) is 10.0. The molecule has 2 rings (SSSR count). The highest BCUT2D eigenvalue weighted by molar-refractivity contribution is 6.35. The minimum atomic E-state index is -0.694. The second kappa shape index (κ2) is 7.15. The Hall–Kier alpha value is -1.98. The maximum atomic E-state index is 11.4. The van der Waals surface area contributed by atoms with Gasteiger partial charge in [-0.25, -0.2) is 10.2 Å². The molecular weight excluding hydrogens is 315 g/mol. The van der Waals surface area contributed by atoms with Crippen molar-refractivity contribution >= 4 is 35.5 Å². The molecule has 0 atom stereocenters. The summed E-state index contributed by atoms with van der Waals surface area (Å²) in [5, 5.41) is 4.66. The molecule has 21 heavy (non-hydrogen) atoms. The smallest absolute Gasteiger partial charge is 0.428 e. The summed E-state index contributed by atoms with van der Waals surface area (Å²) in [7, 11) is 0. The molecule has 0 unspecified atom stereocenters. The number of hydrogen-bond donors (Lipinski definition) is 1. The van der Waals surface area contributed by atoms with E-state index in [1.54, 1.807) is 30.3 Å². The fourth-order valence-electron chi connectivity index (χ4n) is 1.49. The van der Waals surface area contributed by atoms with Gasteiger partial charge >= 0.3 is 6.09 Å². The molecule has 1 amide bonds. The Morgan fingerprint density at radius 3 is 2.86 bits per heavy atom. The number of hydrazone groups is 1. The van der Waals surface area contributed by atoms with Gasteiger partial charge in [-0.1, -0.05) is 29.3 Å². The van der Waals surface area contributed by atoms with Gasteiger partial charge in [0.05, 0.1) is 6.21 Å². The molecule has 0 fully saturated rings. The number of carbonyl (C=O) groups is 1. The van der Waals surface area contributed by atoms with Gasteiger partial charge in [0.15, 0.2) is 0 Å². The van der Waals surface area contributed by atoms with Crippen LogP contribution in [0.15, 0.2) is 39.9 Å². The molecule has 0 bridgehead atoms. The molecule has 1 N–H and O–H groups in total. The zero-order valence-corrected chi connectivity index (χ0v) is 12.6. The first-order valence-electron chi connectivity index (χ1n) is 6.01. The molecule has 0 aliphatic heterocycles. The Balaban J connectivity index is 1.81. The number of nitrogens with zero attached hydrogens (tertiary/aromatic N) is 1. The molecule has 1 heterocycles. The molecule has 0 saturated heterocycles. The van der Waals surface area contributed by atoms with E-state index in [1.807, 2.05) is 6.92 Å². The summed E-state index contributed by atoms with van der Waals surface area (Å²) in [5.41, 5.74) is 2.88. The van der Waals surface area contributed by atoms with Crippen LogP contribution >= 0.6 is 23.2 Å². The number of nitrogens with one attached hydrogen (secondary N) is 1. The lowest BCUT2D eigenvalue weighted by molar-refractivity contribution is 0.140.